The van der Waals surface area contributed by atoms with Gasteiger partial charge in [0.05, 0.1) is 5.02 Å². The van der Waals surface area contributed by atoms with Crippen molar-refractivity contribution in [1.82, 2.24) is 14.8 Å². The largest absolute Gasteiger partial charge is 0.322 e. The Morgan fingerprint density at radius 3 is 2.73 bits per heavy atom. The van der Waals surface area contributed by atoms with Crippen LogP contribution in [0.15, 0.2) is 48.5 Å². The topological polar surface area (TPSA) is 59.8 Å². The highest BCUT2D eigenvalue weighted by atomic mass is 35.5. The van der Waals surface area contributed by atoms with Gasteiger partial charge in [-0.2, -0.15) is 0 Å². The molecule has 0 atom stereocenters. The molecule has 0 bridgehead atoms. The Morgan fingerprint density at radius 2 is 1.88 bits per heavy atom. The number of amides is 1. The predicted octanol–water partition coefficient (Wildman–Crippen LogP) is 4.58. The number of hydrogen-bond donors (Lipinski definition) is 1. The summed E-state index contributed by atoms with van der Waals surface area (Å²) in [7, 11) is 0. The van der Waals surface area contributed by atoms with Crippen LogP contribution in [-0.2, 0) is 13.0 Å². The standard InChI is InChI=1S/C20H19ClN4O/c21-17-11-10-15(22-20(26)14-7-3-1-4-8-14)13-16(17)19-24-23-18-9-5-2-6-12-25(18)19/h1,3-4,7-8,10-11,13H,2,5-6,9,12H2,(H,22,26). The van der Waals surface area contributed by atoms with Crippen LogP contribution in [-0.4, -0.2) is 20.7 Å². The molecule has 0 radical (unpaired) electrons. The van der Waals surface area contributed by atoms with Crippen LogP contribution in [0.4, 0.5) is 5.69 Å². The third kappa shape index (κ3) is 3.35. The lowest BCUT2D eigenvalue weighted by Gasteiger charge is -2.11. The molecule has 132 valence electrons. The highest BCUT2D eigenvalue weighted by molar-refractivity contribution is 6.33. The molecule has 0 spiro atoms. The Labute approximate surface area is 157 Å². The van der Waals surface area contributed by atoms with E-state index in [4.69, 9.17) is 11.6 Å². The minimum atomic E-state index is -0.154. The van der Waals surface area contributed by atoms with Crippen LogP contribution in [0, 0.1) is 0 Å². The van der Waals surface area contributed by atoms with Crippen molar-refractivity contribution in [2.75, 3.05) is 5.32 Å². The second kappa shape index (κ2) is 7.30. The predicted molar refractivity (Wildman–Crippen MR) is 102 cm³/mol. The Balaban J connectivity index is 1.65. The Morgan fingerprint density at radius 1 is 1.04 bits per heavy atom. The number of halogens is 1. The minimum Gasteiger partial charge on any atom is -0.322 e. The molecule has 6 heteroatoms. The van der Waals surface area contributed by atoms with Crippen LogP contribution in [0.2, 0.25) is 5.02 Å². The average Bonchev–Trinajstić information content (AvgIpc) is 2.92. The first-order valence-electron chi connectivity index (χ1n) is 8.81. The number of hydrogen-bond acceptors (Lipinski definition) is 3. The molecule has 3 aromatic rings. The Bertz CT molecular complexity index is 936. The number of benzene rings is 2. The van der Waals surface area contributed by atoms with Crippen LogP contribution in [0.25, 0.3) is 11.4 Å². The zero-order chi connectivity index (χ0) is 17.9. The van der Waals surface area contributed by atoms with Gasteiger partial charge in [0.25, 0.3) is 5.91 Å². The highest BCUT2D eigenvalue weighted by Gasteiger charge is 2.18. The first kappa shape index (κ1) is 16.8. The van der Waals surface area contributed by atoms with Crippen molar-refractivity contribution in [3.05, 3.63) is 64.9 Å². The van der Waals surface area contributed by atoms with Crippen molar-refractivity contribution in [3.63, 3.8) is 0 Å². The zero-order valence-electron chi connectivity index (χ0n) is 14.3. The van der Waals surface area contributed by atoms with Crippen LogP contribution in [0.1, 0.15) is 35.4 Å². The lowest BCUT2D eigenvalue weighted by molar-refractivity contribution is 0.102. The number of aromatic nitrogens is 3. The van der Waals surface area contributed by atoms with Crippen LogP contribution in [0.5, 0.6) is 0 Å². The van der Waals surface area contributed by atoms with E-state index in [1.165, 1.54) is 6.42 Å². The van der Waals surface area contributed by atoms with E-state index in [0.29, 0.717) is 16.3 Å². The van der Waals surface area contributed by atoms with Gasteiger partial charge in [-0.1, -0.05) is 36.2 Å². The molecule has 1 aliphatic heterocycles. The van der Waals surface area contributed by atoms with E-state index in [2.05, 4.69) is 20.1 Å². The molecule has 4 rings (SSSR count). The van der Waals surface area contributed by atoms with Gasteiger partial charge in [0, 0.05) is 29.8 Å². The second-order valence-electron chi connectivity index (χ2n) is 6.42. The van der Waals surface area contributed by atoms with Gasteiger partial charge >= 0.3 is 0 Å². The number of rotatable bonds is 3. The third-order valence-corrected chi connectivity index (χ3v) is 4.94. The van der Waals surface area contributed by atoms with Crippen LogP contribution >= 0.6 is 11.6 Å². The molecule has 26 heavy (non-hydrogen) atoms. The van der Waals surface area contributed by atoms with Crippen molar-refractivity contribution in [3.8, 4) is 11.4 Å². The van der Waals surface area contributed by atoms with Gasteiger partial charge in [-0.05, 0) is 43.2 Å². The van der Waals surface area contributed by atoms with Gasteiger partial charge in [0.15, 0.2) is 5.82 Å². The maximum absolute atomic E-state index is 12.4. The summed E-state index contributed by atoms with van der Waals surface area (Å²) in [5, 5.41) is 12.2. The van der Waals surface area contributed by atoms with Crippen molar-refractivity contribution >= 4 is 23.2 Å². The lowest BCUT2D eigenvalue weighted by atomic mass is 10.1. The lowest BCUT2D eigenvalue weighted by Crippen LogP contribution is -2.11. The van der Waals surface area contributed by atoms with E-state index >= 15 is 0 Å². The molecule has 5 nitrogen and oxygen atoms in total. The smallest absolute Gasteiger partial charge is 0.255 e. The fourth-order valence-corrected chi connectivity index (χ4v) is 3.45. The van der Waals surface area contributed by atoms with Gasteiger partial charge in [-0.15, -0.1) is 10.2 Å². The number of nitrogens with one attached hydrogen (secondary N) is 1. The van der Waals surface area contributed by atoms with E-state index in [9.17, 15) is 4.79 Å². The molecule has 0 aliphatic carbocycles. The van der Waals surface area contributed by atoms with Crippen LogP contribution < -0.4 is 5.32 Å². The first-order valence-corrected chi connectivity index (χ1v) is 9.18. The average molecular weight is 367 g/mol. The minimum absolute atomic E-state index is 0.154. The molecule has 1 aliphatic rings. The molecule has 1 N–H and O–H groups in total. The van der Waals surface area contributed by atoms with Crippen molar-refractivity contribution in [1.29, 1.82) is 0 Å². The molecule has 0 saturated heterocycles. The molecule has 1 aromatic heterocycles. The fourth-order valence-electron chi connectivity index (χ4n) is 3.25. The normalized spacial score (nSPS) is 13.7. The van der Waals surface area contributed by atoms with Crippen molar-refractivity contribution in [2.24, 2.45) is 0 Å². The summed E-state index contributed by atoms with van der Waals surface area (Å²) in [6, 6.07) is 14.6. The maximum atomic E-state index is 12.4. The summed E-state index contributed by atoms with van der Waals surface area (Å²) in [4.78, 5) is 12.4. The number of carbonyl (C=O) groups excluding carboxylic acids is 1. The van der Waals surface area contributed by atoms with Gasteiger partial charge < -0.3 is 9.88 Å². The maximum Gasteiger partial charge on any atom is 0.255 e. The van der Waals surface area contributed by atoms with E-state index in [1.54, 1.807) is 24.3 Å². The highest BCUT2D eigenvalue weighted by Crippen LogP contribution is 2.31. The van der Waals surface area contributed by atoms with E-state index < -0.39 is 0 Å². The number of aryl methyl sites for hydroxylation is 1. The van der Waals surface area contributed by atoms with E-state index in [1.807, 2.05) is 24.3 Å². The Kier molecular flexibility index (Phi) is 4.71. The molecule has 0 saturated carbocycles. The molecular formula is C20H19ClN4O. The van der Waals surface area contributed by atoms with Gasteiger partial charge in [-0.3, -0.25) is 4.79 Å². The molecule has 1 amide bonds. The monoisotopic (exact) mass is 366 g/mol. The van der Waals surface area contributed by atoms with Crippen LogP contribution in [0.3, 0.4) is 0 Å². The third-order valence-electron chi connectivity index (χ3n) is 4.61. The van der Waals surface area contributed by atoms with Crippen molar-refractivity contribution < 1.29 is 4.79 Å². The van der Waals surface area contributed by atoms with Gasteiger partial charge in [0.1, 0.15) is 5.82 Å². The summed E-state index contributed by atoms with van der Waals surface area (Å²) >= 11 is 6.43. The summed E-state index contributed by atoms with van der Waals surface area (Å²) < 4.78 is 2.15. The van der Waals surface area contributed by atoms with Crippen molar-refractivity contribution in [2.45, 2.75) is 32.2 Å². The zero-order valence-corrected chi connectivity index (χ0v) is 15.0. The fraction of sp³-hybridized carbons (Fsp3) is 0.250. The summed E-state index contributed by atoms with van der Waals surface area (Å²) in [6.07, 6.45) is 4.39. The number of anilines is 1. The second-order valence-corrected chi connectivity index (χ2v) is 6.82. The summed E-state index contributed by atoms with van der Waals surface area (Å²) in [5.74, 6) is 1.62. The number of fused-ring (bicyclic) bond motifs is 1. The SMILES string of the molecule is O=C(Nc1ccc(Cl)c(-c2nnc3n2CCCCC3)c1)c1ccccc1. The molecule has 0 unspecified atom stereocenters. The van der Waals surface area contributed by atoms with E-state index in [-0.39, 0.29) is 5.91 Å². The Hall–Kier alpha value is -2.66. The van der Waals surface area contributed by atoms with E-state index in [0.717, 1.165) is 43.0 Å². The van der Waals surface area contributed by atoms with Gasteiger partial charge in [0.2, 0.25) is 0 Å². The number of nitrogens with zero attached hydrogens (tertiary/aromatic N) is 3. The molecular weight excluding hydrogens is 348 g/mol. The first-order chi connectivity index (χ1) is 12.7. The molecule has 2 heterocycles. The summed E-state index contributed by atoms with van der Waals surface area (Å²) in [5.41, 5.74) is 2.09. The van der Waals surface area contributed by atoms with Gasteiger partial charge in [-0.25, -0.2) is 0 Å². The number of carbonyl (C=O) groups is 1. The molecule has 2 aromatic carbocycles. The summed E-state index contributed by atoms with van der Waals surface area (Å²) in [6.45, 7) is 0.897. The quantitative estimate of drug-likeness (QED) is 0.738. The molecule has 0 fully saturated rings.